The molecule has 0 amide bonds. The van der Waals surface area contributed by atoms with Gasteiger partial charge in [0.25, 0.3) is 0 Å². The number of benzene rings is 2. The molecule has 0 aromatic heterocycles. The molecular formula is C18H23NO. The molecule has 0 saturated carbocycles. The van der Waals surface area contributed by atoms with Gasteiger partial charge >= 0.3 is 0 Å². The Balaban J connectivity index is 1.98. The van der Waals surface area contributed by atoms with Crippen molar-refractivity contribution in [1.29, 1.82) is 0 Å². The predicted molar refractivity (Wildman–Crippen MR) is 84.1 cm³/mol. The lowest BCUT2D eigenvalue weighted by Gasteiger charge is -2.15. The Morgan fingerprint density at radius 3 is 2.15 bits per heavy atom. The van der Waals surface area contributed by atoms with Gasteiger partial charge in [-0.2, -0.15) is 0 Å². The van der Waals surface area contributed by atoms with E-state index >= 15 is 0 Å². The lowest BCUT2D eigenvalue weighted by molar-refractivity contribution is 0.289. The van der Waals surface area contributed by atoms with E-state index < -0.39 is 0 Å². The van der Waals surface area contributed by atoms with Crippen LogP contribution in [0.5, 0.6) is 5.75 Å². The average molecular weight is 269 g/mol. The highest BCUT2D eigenvalue weighted by atomic mass is 16.5. The van der Waals surface area contributed by atoms with Crippen LogP contribution in [0.1, 0.15) is 42.5 Å². The van der Waals surface area contributed by atoms with Gasteiger partial charge in [-0.3, -0.25) is 0 Å². The Bertz CT molecular complexity index is 546. The van der Waals surface area contributed by atoms with Crippen LogP contribution in [-0.4, -0.2) is 6.61 Å². The van der Waals surface area contributed by atoms with Gasteiger partial charge in [0, 0.05) is 0 Å². The van der Waals surface area contributed by atoms with Gasteiger partial charge in [0.1, 0.15) is 12.4 Å². The molecule has 106 valence electrons. The minimum Gasteiger partial charge on any atom is -0.491 e. The third-order valence-electron chi connectivity index (χ3n) is 3.54. The normalized spacial score (nSPS) is 12.4. The second kappa shape index (κ2) is 6.58. The van der Waals surface area contributed by atoms with E-state index in [0.29, 0.717) is 12.5 Å². The smallest absolute Gasteiger partial charge is 0.122 e. The molecular weight excluding hydrogens is 246 g/mol. The van der Waals surface area contributed by atoms with Crippen LogP contribution in [-0.2, 0) is 0 Å². The highest BCUT2D eigenvalue weighted by molar-refractivity contribution is 5.32. The fraction of sp³-hybridized carbons (Fsp3) is 0.333. The van der Waals surface area contributed by atoms with E-state index in [-0.39, 0.29) is 6.04 Å². The Hall–Kier alpha value is -1.80. The highest BCUT2D eigenvalue weighted by Crippen LogP contribution is 2.20. The molecule has 2 aromatic carbocycles. The van der Waals surface area contributed by atoms with E-state index in [1.165, 1.54) is 5.56 Å². The Labute approximate surface area is 121 Å². The molecule has 2 nitrogen and oxygen atoms in total. The molecule has 20 heavy (non-hydrogen) atoms. The molecule has 0 heterocycles. The molecule has 0 saturated heterocycles. The first-order valence-corrected chi connectivity index (χ1v) is 7.12. The van der Waals surface area contributed by atoms with Crippen molar-refractivity contribution in [1.82, 2.24) is 0 Å². The summed E-state index contributed by atoms with van der Waals surface area (Å²) in [6.45, 7) is 6.91. The fourth-order valence-electron chi connectivity index (χ4n) is 2.12. The summed E-state index contributed by atoms with van der Waals surface area (Å²) in [5.41, 5.74) is 9.78. The van der Waals surface area contributed by atoms with Gasteiger partial charge in [-0.05, 0) is 35.6 Å². The van der Waals surface area contributed by atoms with Gasteiger partial charge in [-0.15, -0.1) is 0 Å². The molecule has 1 unspecified atom stereocenters. The summed E-state index contributed by atoms with van der Waals surface area (Å²) in [6.07, 6.45) is 0. The van der Waals surface area contributed by atoms with Gasteiger partial charge in [0.15, 0.2) is 0 Å². The maximum Gasteiger partial charge on any atom is 0.122 e. The molecule has 2 N–H and O–H groups in total. The van der Waals surface area contributed by atoms with Crippen molar-refractivity contribution in [2.24, 2.45) is 5.73 Å². The Morgan fingerprint density at radius 2 is 1.55 bits per heavy atom. The molecule has 0 aliphatic rings. The van der Waals surface area contributed by atoms with Gasteiger partial charge in [0.2, 0.25) is 0 Å². The van der Waals surface area contributed by atoms with E-state index in [4.69, 9.17) is 10.5 Å². The van der Waals surface area contributed by atoms with Crippen LogP contribution >= 0.6 is 0 Å². The molecule has 0 radical (unpaired) electrons. The molecule has 1 atom stereocenters. The fourth-order valence-corrected chi connectivity index (χ4v) is 2.12. The summed E-state index contributed by atoms with van der Waals surface area (Å²) in [4.78, 5) is 0. The van der Waals surface area contributed by atoms with E-state index in [1.807, 2.05) is 31.2 Å². The summed E-state index contributed by atoms with van der Waals surface area (Å²) in [6, 6.07) is 16.4. The van der Waals surface area contributed by atoms with Crippen LogP contribution in [0.3, 0.4) is 0 Å². The summed E-state index contributed by atoms with van der Waals surface area (Å²) >= 11 is 0. The van der Waals surface area contributed by atoms with Gasteiger partial charge in [0.05, 0.1) is 6.04 Å². The quantitative estimate of drug-likeness (QED) is 0.883. The summed E-state index contributed by atoms with van der Waals surface area (Å²) < 4.78 is 5.81. The Kier molecular flexibility index (Phi) is 4.80. The van der Waals surface area contributed by atoms with Crippen LogP contribution in [0.4, 0.5) is 0 Å². The van der Waals surface area contributed by atoms with Gasteiger partial charge < -0.3 is 10.5 Å². The van der Waals surface area contributed by atoms with E-state index in [1.54, 1.807) is 0 Å². The number of hydrogen-bond acceptors (Lipinski definition) is 2. The second-order valence-electron chi connectivity index (χ2n) is 5.50. The monoisotopic (exact) mass is 269 g/mol. The summed E-state index contributed by atoms with van der Waals surface area (Å²) in [5.74, 6) is 1.45. The predicted octanol–water partition coefficient (Wildman–Crippen LogP) is 4.20. The zero-order valence-electron chi connectivity index (χ0n) is 12.5. The third-order valence-corrected chi connectivity index (χ3v) is 3.54. The van der Waals surface area contributed by atoms with Crippen molar-refractivity contribution in [3.05, 3.63) is 65.2 Å². The molecule has 0 fully saturated rings. The molecule has 0 aliphatic heterocycles. The number of hydrogen-bond donors (Lipinski definition) is 1. The van der Waals surface area contributed by atoms with Crippen molar-refractivity contribution < 1.29 is 4.74 Å². The summed E-state index contributed by atoms with van der Waals surface area (Å²) in [7, 11) is 0. The first kappa shape index (κ1) is 14.6. The van der Waals surface area contributed by atoms with Crippen molar-refractivity contribution in [3.63, 3.8) is 0 Å². The molecule has 2 heteroatoms. The maximum atomic E-state index is 6.19. The van der Waals surface area contributed by atoms with Crippen molar-refractivity contribution in [3.8, 4) is 5.75 Å². The topological polar surface area (TPSA) is 35.2 Å². The third kappa shape index (κ3) is 3.61. The molecule has 2 rings (SSSR count). The largest absolute Gasteiger partial charge is 0.491 e. The first-order chi connectivity index (χ1) is 9.58. The maximum absolute atomic E-state index is 6.19. The molecule has 2 aromatic rings. The summed E-state index contributed by atoms with van der Waals surface area (Å²) in [5, 5.41) is 0. The molecule has 0 spiro atoms. The molecule has 0 bridgehead atoms. The van der Waals surface area contributed by atoms with E-state index in [9.17, 15) is 0 Å². The number of rotatable bonds is 5. The van der Waals surface area contributed by atoms with Crippen molar-refractivity contribution >= 4 is 0 Å². The number of ether oxygens (including phenoxy) is 1. The first-order valence-electron chi connectivity index (χ1n) is 7.12. The lowest BCUT2D eigenvalue weighted by Crippen LogP contribution is -2.19. The van der Waals surface area contributed by atoms with Crippen LogP contribution < -0.4 is 10.5 Å². The van der Waals surface area contributed by atoms with E-state index in [2.05, 4.69) is 38.1 Å². The van der Waals surface area contributed by atoms with Crippen LogP contribution in [0, 0.1) is 6.92 Å². The standard InChI is InChI=1S/C18H23NO/c1-13(2)15-8-10-16(11-9-15)17(19)12-20-18-7-5-4-6-14(18)3/h4-11,13,17H,12,19H2,1-3H3. The van der Waals surface area contributed by atoms with Crippen LogP contribution in [0.25, 0.3) is 0 Å². The van der Waals surface area contributed by atoms with Gasteiger partial charge in [-0.1, -0.05) is 56.3 Å². The average Bonchev–Trinajstić information content (AvgIpc) is 2.46. The van der Waals surface area contributed by atoms with Crippen molar-refractivity contribution in [2.45, 2.75) is 32.7 Å². The lowest BCUT2D eigenvalue weighted by atomic mass is 9.99. The van der Waals surface area contributed by atoms with Crippen molar-refractivity contribution in [2.75, 3.05) is 6.61 Å². The van der Waals surface area contributed by atoms with Crippen LogP contribution in [0.15, 0.2) is 48.5 Å². The SMILES string of the molecule is Cc1ccccc1OCC(N)c1ccc(C(C)C)cc1. The van der Waals surface area contributed by atoms with E-state index in [0.717, 1.165) is 16.9 Å². The number of nitrogens with two attached hydrogens (primary N) is 1. The minimum atomic E-state index is -0.101. The van der Waals surface area contributed by atoms with Gasteiger partial charge in [-0.25, -0.2) is 0 Å². The highest BCUT2D eigenvalue weighted by Gasteiger charge is 2.08. The molecule has 0 aliphatic carbocycles. The zero-order valence-corrected chi connectivity index (χ0v) is 12.5. The number of aryl methyl sites for hydroxylation is 1. The zero-order chi connectivity index (χ0) is 14.5. The Morgan fingerprint density at radius 1 is 0.950 bits per heavy atom. The second-order valence-corrected chi connectivity index (χ2v) is 5.50. The van der Waals surface area contributed by atoms with Crippen LogP contribution in [0.2, 0.25) is 0 Å². The number of para-hydroxylation sites is 1. The minimum absolute atomic E-state index is 0.101.